The SMILES string of the molecule is CN=C(NCCCCN1CCC(C)CC1)NCCc1nc(C(F)(F)F)cs1. The number of hydrogen-bond acceptors (Lipinski definition) is 4. The molecule has 0 bridgehead atoms. The molecule has 0 aromatic carbocycles. The Bertz CT molecular complexity index is 580. The van der Waals surface area contributed by atoms with Gasteiger partial charge in [0, 0.05) is 31.9 Å². The zero-order valence-corrected chi connectivity index (χ0v) is 16.9. The molecule has 1 saturated heterocycles. The van der Waals surface area contributed by atoms with Gasteiger partial charge in [-0.3, -0.25) is 4.99 Å². The zero-order valence-electron chi connectivity index (χ0n) is 16.1. The van der Waals surface area contributed by atoms with Crippen molar-refractivity contribution in [1.82, 2.24) is 20.5 Å². The maximum atomic E-state index is 12.5. The first kappa shape index (κ1) is 21.9. The van der Waals surface area contributed by atoms with Crippen LogP contribution in [-0.4, -0.2) is 55.6 Å². The van der Waals surface area contributed by atoms with Gasteiger partial charge in [0.15, 0.2) is 11.7 Å². The topological polar surface area (TPSA) is 52.6 Å². The molecule has 154 valence electrons. The van der Waals surface area contributed by atoms with E-state index in [9.17, 15) is 13.2 Å². The van der Waals surface area contributed by atoms with E-state index < -0.39 is 11.9 Å². The van der Waals surface area contributed by atoms with E-state index in [-0.39, 0.29) is 0 Å². The maximum Gasteiger partial charge on any atom is 0.434 e. The van der Waals surface area contributed by atoms with Gasteiger partial charge in [-0.05, 0) is 51.2 Å². The number of hydrogen-bond donors (Lipinski definition) is 2. The molecule has 0 radical (unpaired) electrons. The zero-order chi connectivity index (χ0) is 19.7. The summed E-state index contributed by atoms with van der Waals surface area (Å²) >= 11 is 1.04. The van der Waals surface area contributed by atoms with Crippen LogP contribution in [0.1, 0.15) is 43.3 Å². The van der Waals surface area contributed by atoms with E-state index in [4.69, 9.17) is 0 Å². The summed E-state index contributed by atoms with van der Waals surface area (Å²) in [4.78, 5) is 10.3. The van der Waals surface area contributed by atoms with Crippen molar-refractivity contribution in [2.75, 3.05) is 39.8 Å². The summed E-state index contributed by atoms with van der Waals surface area (Å²) in [5.41, 5.74) is -0.812. The van der Waals surface area contributed by atoms with Crippen molar-refractivity contribution in [2.45, 2.75) is 45.2 Å². The predicted octanol–water partition coefficient (Wildman–Crippen LogP) is 3.38. The Hall–Kier alpha value is -1.35. The Morgan fingerprint density at radius 1 is 1.26 bits per heavy atom. The van der Waals surface area contributed by atoms with E-state index in [2.05, 4.69) is 32.4 Å². The lowest BCUT2D eigenvalue weighted by molar-refractivity contribution is -0.140. The molecule has 0 spiro atoms. The van der Waals surface area contributed by atoms with Crippen molar-refractivity contribution in [3.05, 3.63) is 16.1 Å². The van der Waals surface area contributed by atoms with Crippen LogP contribution in [0.3, 0.4) is 0 Å². The van der Waals surface area contributed by atoms with E-state index in [1.54, 1.807) is 7.05 Å². The van der Waals surface area contributed by atoms with Crippen LogP contribution >= 0.6 is 11.3 Å². The minimum Gasteiger partial charge on any atom is -0.356 e. The lowest BCUT2D eigenvalue weighted by atomic mass is 9.99. The average Bonchev–Trinajstić information content (AvgIpc) is 3.11. The Kier molecular flexibility index (Phi) is 8.82. The molecule has 9 heteroatoms. The van der Waals surface area contributed by atoms with Crippen LogP contribution in [-0.2, 0) is 12.6 Å². The van der Waals surface area contributed by atoms with E-state index in [0.29, 0.717) is 23.9 Å². The molecule has 2 N–H and O–H groups in total. The van der Waals surface area contributed by atoms with Crippen molar-refractivity contribution in [2.24, 2.45) is 10.9 Å². The molecule has 1 fully saturated rings. The summed E-state index contributed by atoms with van der Waals surface area (Å²) in [6.07, 6.45) is 0.893. The van der Waals surface area contributed by atoms with Crippen LogP contribution in [0, 0.1) is 5.92 Å². The third-order valence-corrected chi connectivity index (χ3v) is 5.68. The Morgan fingerprint density at radius 3 is 2.59 bits per heavy atom. The molecule has 0 amide bonds. The lowest BCUT2D eigenvalue weighted by Gasteiger charge is -2.30. The smallest absolute Gasteiger partial charge is 0.356 e. The second-order valence-corrected chi connectivity index (χ2v) is 7.97. The van der Waals surface area contributed by atoms with Crippen LogP contribution in [0.5, 0.6) is 0 Å². The number of guanidine groups is 1. The summed E-state index contributed by atoms with van der Waals surface area (Å²) < 4.78 is 37.6. The molecule has 5 nitrogen and oxygen atoms in total. The molecular weight excluding hydrogens is 375 g/mol. The number of aromatic nitrogens is 1. The van der Waals surface area contributed by atoms with E-state index >= 15 is 0 Å². The first-order chi connectivity index (χ1) is 12.9. The highest BCUT2D eigenvalue weighted by Crippen LogP contribution is 2.30. The van der Waals surface area contributed by atoms with Gasteiger partial charge in [-0.2, -0.15) is 13.2 Å². The monoisotopic (exact) mass is 405 g/mol. The fourth-order valence-corrected chi connectivity index (χ4v) is 3.82. The van der Waals surface area contributed by atoms with Gasteiger partial charge >= 0.3 is 6.18 Å². The molecule has 1 aliphatic heterocycles. The van der Waals surface area contributed by atoms with Crippen molar-refractivity contribution in [3.8, 4) is 0 Å². The number of unbranched alkanes of at least 4 members (excludes halogenated alkanes) is 1. The van der Waals surface area contributed by atoms with Crippen LogP contribution in [0.25, 0.3) is 0 Å². The second-order valence-electron chi connectivity index (χ2n) is 7.03. The number of rotatable bonds is 8. The molecule has 1 aromatic heterocycles. The van der Waals surface area contributed by atoms with Crippen LogP contribution in [0.15, 0.2) is 10.4 Å². The van der Waals surface area contributed by atoms with Crippen LogP contribution in [0.2, 0.25) is 0 Å². The summed E-state index contributed by atoms with van der Waals surface area (Å²) in [7, 11) is 1.69. The predicted molar refractivity (Wildman–Crippen MR) is 104 cm³/mol. The molecule has 2 rings (SSSR count). The number of thiazole rings is 1. The molecule has 1 aromatic rings. The third kappa shape index (κ3) is 8.04. The van der Waals surface area contributed by atoms with Crippen LogP contribution in [0.4, 0.5) is 13.2 Å². The van der Waals surface area contributed by atoms with Crippen LogP contribution < -0.4 is 10.6 Å². The van der Waals surface area contributed by atoms with Gasteiger partial charge in [-0.1, -0.05) is 6.92 Å². The fraction of sp³-hybridized carbons (Fsp3) is 0.778. The van der Waals surface area contributed by atoms with Gasteiger partial charge < -0.3 is 15.5 Å². The standard InChI is InChI=1S/C18H30F3N5S/c1-14-6-11-26(12-7-14)10-4-3-8-23-17(22-2)24-9-5-16-25-15(13-27-16)18(19,20)21/h13-14H,3-12H2,1-2H3,(H2,22,23,24). The second kappa shape index (κ2) is 10.8. The lowest BCUT2D eigenvalue weighted by Crippen LogP contribution is -2.39. The number of piperidine rings is 1. The van der Waals surface area contributed by atoms with Gasteiger partial charge in [0.2, 0.25) is 0 Å². The number of nitrogens with zero attached hydrogens (tertiary/aromatic N) is 3. The summed E-state index contributed by atoms with van der Waals surface area (Å²) in [5, 5.41) is 7.91. The molecule has 1 aliphatic rings. The quantitative estimate of drug-likeness (QED) is 0.396. The maximum absolute atomic E-state index is 12.5. The number of alkyl halides is 3. The highest BCUT2D eigenvalue weighted by molar-refractivity contribution is 7.09. The van der Waals surface area contributed by atoms with Crippen molar-refractivity contribution < 1.29 is 13.2 Å². The molecule has 2 heterocycles. The molecule has 27 heavy (non-hydrogen) atoms. The minimum atomic E-state index is -4.37. The average molecular weight is 406 g/mol. The minimum absolute atomic E-state index is 0.439. The molecule has 0 saturated carbocycles. The first-order valence-electron chi connectivity index (χ1n) is 9.57. The first-order valence-corrected chi connectivity index (χ1v) is 10.4. The van der Waals surface area contributed by atoms with Gasteiger partial charge in [-0.15, -0.1) is 11.3 Å². The Morgan fingerprint density at radius 2 is 1.96 bits per heavy atom. The summed E-state index contributed by atoms with van der Waals surface area (Å²) in [6.45, 7) is 7.22. The summed E-state index contributed by atoms with van der Waals surface area (Å²) in [5.74, 6) is 1.54. The highest BCUT2D eigenvalue weighted by Gasteiger charge is 2.33. The number of aliphatic imine (C=N–C) groups is 1. The van der Waals surface area contributed by atoms with E-state index in [0.717, 1.165) is 48.6 Å². The van der Waals surface area contributed by atoms with Crippen molar-refractivity contribution in [3.63, 3.8) is 0 Å². The number of likely N-dealkylation sites (tertiary alicyclic amines) is 1. The molecule has 0 aliphatic carbocycles. The molecular formula is C18H30F3N5S. The highest BCUT2D eigenvalue weighted by atomic mass is 32.1. The molecule has 0 atom stereocenters. The Balaban J connectivity index is 1.56. The van der Waals surface area contributed by atoms with Crippen molar-refractivity contribution in [1.29, 1.82) is 0 Å². The normalized spacial score (nSPS) is 17.3. The largest absolute Gasteiger partial charge is 0.434 e. The van der Waals surface area contributed by atoms with Gasteiger partial charge in [0.1, 0.15) is 0 Å². The van der Waals surface area contributed by atoms with E-state index in [1.165, 1.54) is 25.9 Å². The van der Waals surface area contributed by atoms with Gasteiger partial charge in [-0.25, -0.2) is 4.98 Å². The van der Waals surface area contributed by atoms with Gasteiger partial charge in [0.25, 0.3) is 0 Å². The fourth-order valence-electron chi connectivity index (χ4n) is 3.02. The van der Waals surface area contributed by atoms with E-state index in [1.807, 2.05) is 0 Å². The Labute approximate surface area is 163 Å². The third-order valence-electron chi connectivity index (χ3n) is 4.77. The number of nitrogens with one attached hydrogen (secondary N) is 2. The van der Waals surface area contributed by atoms with Crippen molar-refractivity contribution >= 4 is 17.3 Å². The van der Waals surface area contributed by atoms with Gasteiger partial charge in [0.05, 0.1) is 5.01 Å². The number of halogens is 3. The summed E-state index contributed by atoms with van der Waals surface area (Å²) in [6, 6.07) is 0. The molecule has 0 unspecified atom stereocenters.